The van der Waals surface area contributed by atoms with Crippen molar-refractivity contribution in [1.29, 1.82) is 5.26 Å². The van der Waals surface area contributed by atoms with Crippen LogP contribution in [0.25, 0.3) is 0 Å². The number of aliphatic carboxylic acids is 1. The summed E-state index contributed by atoms with van der Waals surface area (Å²) in [6.07, 6.45) is -3.99. The standard InChI is InChI=1S/C14H15F3N2O2/c1-3-9(2)19(8-13(20)21)11-4-5-12(14(15,16)17)10(6-11)7-18/h4-6,9H,3,8H2,1-2H3,(H,20,21). The highest BCUT2D eigenvalue weighted by Gasteiger charge is 2.34. The fraction of sp³-hybridized carbons (Fsp3) is 0.429. The van der Waals surface area contributed by atoms with Gasteiger partial charge in [-0.15, -0.1) is 0 Å². The number of anilines is 1. The Kier molecular flexibility index (Phi) is 5.19. The van der Waals surface area contributed by atoms with Gasteiger partial charge in [0, 0.05) is 11.7 Å². The zero-order valence-corrected chi connectivity index (χ0v) is 11.6. The maximum absolute atomic E-state index is 12.7. The summed E-state index contributed by atoms with van der Waals surface area (Å²) in [5, 5.41) is 17.8. The number of carboxylic acid groups (broad SMARTS) is 1. The number of halogens is 3. The van der Waals surface area contributed by atoms with Gasteiger partial charge in [-0.3, -0.25) is 4.79 Å². The predicted molar refractivity (Wildman–Crippen MR) is 70.9 cm³/mol. The van der Waals surface area contributed by atoms with Gasteiger partial charge in [-0.05, 0) is 31.5 Å². The summed E-state index contributed by atoms with van der Waals surface area (Å²) in [5.74, 6) is -1.09. The van der Waals surface area contributed by atoms with Crippen LogP contribution in [0.15, 0.2) is 18.2 Å². The fourth-order valence-electron chi connectivity index (χ4n) is 1.92. The largest absolute Gasteiger partial charge is 0.480 e. The molecule has 0 fully saturated rings. The number of hydrogen-bond donors (Lipinski definition) is 1. The third-order valence-electron chi connectivity index (χ3n) is 3.19. The molecule has 1 aromatic rings. The minimum absolute atomic E-state index is 0.177. The van der Waals surface area contributed by atoms with Crippen LogP contribution < -0.4 is 4.90 Å². The molecule has 1 atom stereocenters. The molecular weight excluding hydrogens is 285 g/mol. The Morgan fingerprint density at radius 1 is 1.48 bits per heavy atom. The van der Waals surface area contributed by atoms with Crippen LogP contribution in [-0.4, -0.2) is 23.7 Å². The van der Waals surface area contributed by atoms with Gasteiger partial charge in [0.15, 0.2) is 0 Å². The molecule has 0 heterocycles. The van der Waals surface area contributed by atoms with Crippen LogP contribution in [0.3, 0.4) is 0 Å². The lowest BCUT2D eigenvalue weighted by Crippen LogP contribution is -2.37. The lowest BCUT2D eigenvalue weighted by Gasteiger charge is -2.29. The van der Waals surface area contributed by atoms with Crippen molar-refractivity contribution in [3.8, 4) is 6.07 Å². The van der Waals surface area contributed by atoms with Gasteiger partial charge in [0.1, 0.15) is 6.54 Å². The summed E-state index contributed by atoms with van der Waals surface area (Å²) in [4.78, 5) is 12.4. The van der Waals surface area contributed by atoms with Crippen LogP contribution in [0.2, 0.25) is 0 Å². The van der Waals surface area contributed by atoms with Crippen LogP contribution in [0.4, 0.5) is 18.9 Å². The molecule has 114 valence electrons. The first-order valence-corrected chi connectivity index (χ1v) is 6.30. The highest BCUT2D eigenvalue weighted by Crippen LogP contribution is 2.34. The zero-order valence-electron chi connectivity index (χ0n) is 11.6. The molecule has 1 unspecified atom stereocenters. The first kappa shape index (κ1) is 16.8. The molecule has 1 rings (SSSR count). The fourth-order valence-corrected chi connectivity index (χ4v) is 1.92. The summed E-state index contributed by atoms with van der Waals surface area (Å²) in [6, 6.07) is 4.42. The van der Waals surface area contributed by atoms with E-state index < -0.39 is 23.3 Å². The minimum atomic E-state index is -4.61. The average Bonchev–Trinajstić information content (AvgIpc) is 2.42. The second-order valence-electron chi connectivity index (χ2n) is 4.62. The molecule has 0 radical (unpaired) electrons. The molecular formula is C14H15F3N2O2. The molecule has 0 saturated carbocycles. The number of benzene rings is 1. The maximum atomic E-state index is 12.7. The van der Waals surface area contributed by atoms with E-state index in [1.54, 1.807) is 6.92 Å². The molecule has 0 bridgehead atoms. The number of carboxylic acids is 1. The van der Waals surface area contributed by atoms with E-state index in [1.165, 1.54) is 17.0 Å². The molecule has 0 amide bonds. The van der Waals surface area contributed by atoms with Gasteiger partial charge in [0.2, 0.25) is 0 Å². The molecule has 21 heavy (non-hydrogen) atoms. The Labute approximate surface area is 120 Å². The molecule has 0 aliphatic carbocycles. The van der Waals surface area contributed by atoms with E-state index in [0.717, 1.165) is 12.1 Å². The lowest BCUT2D eigenvalue weighted by atomic mass is 10.1. The monoisotopic (exact) mass is 300 g/mol. The van der Waals surface area contributed by atoms with Crippen molar-refractivity contribution < 1.29 is 23.1 Å². The van der Waals surface area contributed by atoms with Gasteiger partial charge < -0.3 is 10.0 Å². The van der Waals surface area contributed by atoms with E-state index in [9.17, 15) is 18.0 Å². The van der Waals surface area contributed by atoms with Crippen molar-refractivity contribution in [2.75, 3.05) is 11.4 Å². The number of carbonyl (C=O) groups is 1. The quantitative estimate of drug-likeness (QED) is 0.906. The smallest absolute Gasteiger partial charge is 0.417 e. The second kappa shape index (κ2) is 6.48. The van der Waals surface area contributed by atoms with Crippen LogP contribution in [0, 0.1) is 11.3 Å². The average molecular weight is 300 g/mol. The molecule has 1 N–H and O–H groups in total. The molecule has 7 heteroatoms. The van der Waals surface area contributed by atoms with Gasteiger partial charge in [0.05, 0.1) is 17.2 Å². The summed E-state index contributed by atoms with van der Waals surface area (Å²) in [5.41, 5.74) is -1.25. The molecule has 4 nitrogen and oxygen atoms in total. The summed E-state index contributed by atoms with van der Waals surface area (Å²) in [6.45, 7) is 3.27. The van der Waals surface area contributed by atoms with Crippen molar-refractivity contribution in [2.45, 2.75) is 32.5 Å². The van der Waals surface area contributed by atoms with E-state index in [2.05, 4.69) is 0 Å². The maximum Gasteiger partial charge on any atom is 0.417 e. The molecule has 0 spiro atoms. The summed E-state index contributed by atoms with van der Waals surface area (Å²) < 4.78 is 38.2. The third kappa shape index (κ3) is 4.12. The van der Waals surface area contributed by atoms with Crippen LogP contribution in [0.5, 0.6) is 0 Å². The zero-order chi connectivity index (χ0) is 16.2. The number of rotatable bonds is 5. The van der Waals surface area contributed by atoms with Crippen LogP contribution in [0.1, 0.15) is 31.4 Å². The van der Waals surface area contributed by atoms with E-state index >= 15 is 0 Å². The molecule has 0 saturated heterocycles. The number of nitriles is 1. The normalized spacial score (nSPS) is 12.6. The molecule has 0 aliphatic heterocycles. The SMILES string of the molecule is CCC(C)N(CC(=O)O)c1ccc(C(F)(F)F)c(C#N)c1. The van der Waals surface area contributed by atoms with Gasteiger partial charge in [0.25, 0.3) is 0 Å². The van der Waals surface area contributed by atoms with Crippen molar-refractivity contribution in [3.05, 3.63) is 29.3 Å². The number of nitrogens with zero attached hydrogens (tertiary/aromatic N) is 2. The third-order valence-corrected chi connectivity index (χ3v) is 3.19. The summed E-state index contributed by atoms with van der Waals surface area (Å²) in [7, 11) is 0. The Bertz CT molecular complexity index is 564. The second-order valence-corrected chi connectivity index (χ2v) is 4.62. The lowest BCUT2D eigenvalue weighted by molar-refractivity contribution is -0.138. The highest BCUT2D eigenvalue weighted by molar-refractivity contribution is 5.74. The topological polar surface area (TPSA) is 64.3 Å². The van der Waals surface area contributed by atoms with E-state index in [4.69, 9.17) is 10.4 Å². The van der Waals surface area contributed by atoms with Crippen molar-refractivity contribution in [3.63, 3.8) is 0 Å². The van der Waals surface area contributed by atoms with Gasteiger partial charge in [-0.2, -0.15) is 18.4 Å². The number of hydrogen-bond acceptors (Lipinski definition) is 3. The molecule has 0 aromatic heterocycles. The molecule has 0 aliphatic rings. The van der Waals surface area contributed by atoms with E-state index in [-0.39, 0.29) is 18.3 Å². The van der Waals surface area contributed by atoms with Gasteiger partial charge >= 0.3 is 12.1 Å². The van der Waals surface area contributed by atoms with Crippen LogP contribution >= 0.6 is 0 Å². The first-order valence-electron chi connectivity index (χ1n) is 6.30. The molecule has 1 aromatic carbocycles. The van der Waals surface area contributed by atoms with Gasteiger partial charge in [-0.25, -0.2) is 0 Å². The highest BCUT2D eigenvalue weighted by atomic mass is 19.4. The van der Waals surface area contributed by atoms with Crippen molar-refractivity contribution in [2.24, 2.45) is 0 Å². The minimum Gasteiger partial charge on any atom is -0.480 e. The predicted octanol–water partition coefficient (Wildman–Crippen LogP) is 3.27. The van der Waals surface area contributed by atoms with E-state index in [0.29, 0.717) is 6.42 Å². The van der Waals surface area contributed by atoms with Crippen LogP contribution in [-0.2, 0) is 11.0 Å². The summed E-state index contributed by atoms with van der Waals surface area (Å²) >= 11 is 0. The number of alkyl halides is 3. The first-order chi connectivity index (χ1) is 9.70. The van der Waals surface area contributed by atoms with E-state index in [1.807, 2.05) is 6.92 Å². The Hall–Kier alpha value is -2.23. The van der Waals surface area contributed by atoms with Crippen molar-refractivity contribution >= 4 is 11.7 Å². The Balaban J connectivity index is 3.29. The Morgan fingerprint density at radius 3 is 2.52 bits per heavy atom. The van der Waals surface area contributed by atoms with Gasteiger partial charge in [-0.1, -0.05) is 6.92 Å². The van der Waals surface area contributed by atoms with Crippen molar-refractivity contribution in [1.82, 2.24) is 0 Å². The Morgan fingerprint density at radius 2 is 2.10 bits per heavy atom.